The van der Waals surface area contributed by atoms with Crippen molar-refractivity contribution >= 4 is 17.5 Å². The van der Waals surface area contributed by atoms with Crippen molar-refractivity contribution in [1.82, 2.24) is 10.2 Å². The number of rotatable bonds is 7. The van der Waals surface area contributed by atoms with Crippen molar-refractivity contribution in [2.45, 2.75) is 19.3 Å². The highest BCUT2D eigenvalue weighted by atomic mass is 16.2. The van der Waals surface area contributed by atoms with Gasteiger partial charge in [-0.05, 0) is 25.0 Å². The van der Waals surface area contributed by atoms with Crippen molar-refractivity contribution in [1.29, 1.82) is 5.26 Å². The molecule has 0 radical (unpaired) electrons. The third-order valence-electron chi connectivity index (χ3n) is 3.91. The lowest BCUT2D eigenvalue weighted by Crippen LogP contribution is -2.31. The number of anilines is 1. The van der Waals surface area contributed by atoms with Gasteiger partial charge in [0.25, 0.3) is 5.91 Å². The molecule has 6 nitrogen and oxygen atoms in total. The molecule has 0 atom stereocenters. The quantitative estimate of drug-likeness (QED) is 0.470. The standard InChI is InChI=1S/C18H22N4O2/c1-21(16-7-3-2-4-8-16)14-15(13-19)18(24)20-10-6-12-22-11-5-9-17(22)23/h2-4,7-8,14H,5-6,9-12H2,1H3,(H,20,24)/b15-14-. The van der Waals surface area contributed by atoms with Crippen molar-refractivity contribution in [2.24, 2.45) is 0 Å². The summed E-state index contributed by atoms with van der Waals surface area (Å²) in [4.78, 5) is 27.1. The first-order valence-corrected chi connectivity index (χ1v) is 8.07. The van der Waals surface area contributed by atoms with E-state index >= 15 is 0 Å². The van der Waals surface area contributed by atoms with E-state index in [0.717, 1.165) is 18.7 Å². The Hall–Kier alpha value is -2.81. The van der Waals surface area contributed by atoms with E-state index < -0.39 is 5.91 Å². The monoisotopic (exact) mass is 326 g/mol. The van der Waals surface area contributed by atoms with Crippen LogP contribution >= 0.6 is 0 Å². The van der Waals surface area contributed by atoms with Crippen LogP contribution in [0.25, 0.3) is 0 Å². The molecule has 0 spiro atoms. The van der Waals surface area contributed by atoms with Crippen molar-refractivity contribution < 1.29 is 9.59 Å². The lowest BCUT2D eigenvalue weighted by atomic mass is 10.2. The normalized spacial score (nSPS) is 14.4. The minimum atomic E-state index is -0.395. The maximum absolute atomic E-state index is 12.1. The van der Waals surface area contributed by atoms with Gasteiger partial charge in [0.05, 0.1) is 0 Å². The van der Waals surface area contributed by atoms with Crippen LogP contribution in [-0.2, 0) is 9.59 Å². The van der Waals surface area contributed by atoms with Crippen LogP contribution in [0.4, 0.5) is 5.69 Å². The van der Waals surface area contributed by atoms with Crippen LogP contribution in [0, 0.1) is 11.3 Å². The van der Waals surface area contributed by atoms with Gasteiger partial charge in [0.1, 0.15) is 11.6 Å². The second-order valence-electron chi connectivity index (χ2n) is 5.69. The molecule has 1 fully saturated rings. The molecule has 0 aromatic heterocycles. The number of hydrogen-bond donors (Lipinski definition) is 1. The van der Waals surface area contributed by atoms with Gasteiger partial charge in [0.15, 0.2) is 0 Å². The van der Waals surface area contributed by atoms with Crippen LogP contribution in [0.3, 0.4) is 0 Å². The number of carbonyl (C=O) groups is 2. The molecule has 1 aromatic rings. The second-order valence-corrected chi connectivity index (χ2v) is 5.69. The Balaban J connectivity index is 1.81. The maximum Gasteiger partial charge on any atom is 0.263 e. The fourth-order valence-corrected chi connectivity index (χ4v) is 2.58. The summed E-state index contributed by atoms with van der Waals surface area (Å²) in [5, 5.41) is 11.9. The molecule has 1 N–H and O–H groups in total. The Morgan fingerprint density at radius 1 is 1.42 bits per heavy atom. The third kappa shape index (κ3) is 4.85. The van der Waals surface area contributed by atoms with Crippen molar-refractivity contribution in [2.75, 3.05) is 31.6 Å². The van der Waals surface area contributed by atoms with Crippen LogP contribution in [-0.4, -0.2) is 43.4 Å². The first kappa shape index (κ1) is 17.5. The second kappa shape index (κ2) is 8.73. The molecule has 6 heteroatoms. The third-order valence-corrected chi connectivity index (χ3v) is 3.91. The Bertz CT molecular complexity index is 649. The molecule has 0 saturated carbocycles. The highest BCUT2D eigenvalue weighted by Gasteiger charge is 2.19. The molecule has 2 amide bonds. The molecule has 0 unspecified atom stereocenters. The Labute approximate surface area is 142 Å². The molecule has 1 saturated heterocycles. The summed E-state index contributed by atoms with van der Waals surface area (Å²) in [5.74, 6) is -0.212. The van der Waals surface area contributed by atoms with E-state index in [9.17, 15) is 14.9 Å². The van der Waals surface area contributed by atoms with Gasteiger partial charge in [-0.3, -0.25) is 9.59 Å². The van der Waals surface area contributed by atoms with Crippen molar-refractivity contribution in [3.8, 4) is 6.07 Å². The predicted octanol–water partition coefficient (Wildman–Crippen LogP) is 1.66. The van der Waals surface area contributed by atoms with Gasteiger partial charge < -0.3 is 15.1 Å². The van der Waals surface area contributed by atoms with E-state index in [1.54, 1.807) is 11.9 Å². The lowest BCUT2D eigenvalue weighted by molar-refractivity contribution is -0.127. The number of nitrogens with one attached hydrogen (secondary N) is 1. The summed E-state index contributed by atoms with van der Waals surface area (Å²) in [6.45, 7) is 1.89. The van der Waals surface area contributed by atoms with Crippen LogP contribution in [0.2, 0.25) is 0 Å². The number of para-hydroxylation sites is 1. The summed E-state index contributed by atoms with van der Waals surface area (Å²) >= 11 is 0. The average Bonchev–Trinajstić information content (AvgIpc) is 3.02. The molecular weight excluding hydrogens is 304 g/mol. The molecule has 1 aliphatic heterocycles. The molecule has 1 aromatic carbocycles. The predicted molar refractivity (Wildman–Crippen MR) is 92.0 cm³/mol. The van der Waals surface area contributed by atoms with E-state index in [1.807, 2.05) is 41.3 Å². The van der Waals surface area contributed by atoms with E-state index in [2.05, 4.69) is 5.32 Å². The number of nitriles is 1. The van der Waals surface area contributed by atoms with Crippen molar-refractivity contribution in [3.63, 3.8) is 0 Å². The first-order valence-electron chi connectivity index (χ1n) is 8.07. The number of nitrogens with zero attached hydrogens (tertiary/aromatic N) is 3. The molecule has 126 valence electrons. The Morgan fingerprint density at radius 2 is 2.17 bits per heavy atom. The molecule has 24 heavy (non-hydrogen) atoms. The number of benzene rings is 1. The maximum atomic E-state index is 12.1. The summed E-state index contributed by atoms with van der Waals surface area (Å²) in [5.41, 5.74) is 0.948. The number of amides is 2. The molecule has 0 bridgehead atoms. The smallest absolute Gasteiger partial charge is 0.263 e. The number of likely N-dealkylation sites (tertiary alicyclic amines) is 1. The first-order chi connectivity index (χ1) is 11.6. The van der Waals surface area contributed by atoms with E-state index in [-0.39, 0.29) is 11.5 Å². The largest absolute Gasteiger partial charge is 0.351 e. The van der Waals surface area contributed by atoms with Gasteiger partial charge in [0, 0.05) is 45.0 Å². The van der Waals surface area contributed by atoms with Gasteiger partial charge in [-0.1, -0.05) is 18.2 Å². The zero-order chi connectivity index (χ0) is 17.4. The fourth-order valence-electron chi connectivity index (χ4n) is 2.58. The summed E-state index contributed by atoms with van der Waals surface area (Å²) in [6, 6.07) is 11.4. The van der Waals surface area contributed by atoms with Gasteiger partial charge in [-0.25, -0.2) is 0 Å². The SMILES string of the molecule is CN(/C=C(/C#N)C(=O)NCCCN1CCCC1=O)c1ccccc1. The highest BCUT2D eigenvalue weighted by molar-refractivity contribution is 5.97. The summed E-state index contributed by atoms with van der Waals surface area (Å²) < 4.78 is 0. The zero-order valence-electron chi connectivity index (χ0n) is 13.9. The van der Waals surface area contributed by atoms with Crippen molar-refractivity contribution in [3.05, 3.63) is 42.1 Å². The highest BCUT2D eigenvalue weighted by Crippen LogP contribution is 2.12. The van der Waals surface area contributed by atoms with Crippen LogP contribution in [0.5, 0.6) is 0 Å². The van der Waals surface area contributed by atoms with Gasteiger partial charge in [0.2, 0.25) is 5.91 Å². The Morgan fingerprint density at radius 3 is 2.79 bits per heavy atom. The van der Waals surface area contributed by atoms with Gasteiger partial charge in [-0.15, -0.1) is 0 Å². The van der Waals surface area contributed by atoms with Crippen LogP contribution in [0.1, 0.15) is 19.3 Å². The summed E-state index contributed by atoms with van der Waals surface area (Å²) in [6.07, 6.45) is 3.75. The van der Waals surface area contributed by atoms with E-state index in [1.165, 1.54) is 6.20 Å². The molecular formula is C18H22N4O2. The lowest BCUT2D eigenvalue weighted by Gasteiger charge is -2.16. The van der Waals surface area contributed by atoms with Gasteiger partial charge >= 0.3 is 0 Å². The average molecular weight is 326 g/mol. The molecule has 0 aliphatic carbocycles. The van der Waals surface area contributed by atoms with Crippen LogP contribution in [0.15, 0.2) is 42.1 Å². The Kier molecular flexibility index (Phi) is 6.38. The molecule has 1 aliphatic rings. The number of carbonyl (C=O) groups excluding carboxylic acids is 2. The topological polar surface area (TPSA) is 76.4 Å². The van der Waals surface area contributed by atoms with Gasteiger partial charge in [-0.2, -0.15) is 5.26 Å². The van der Waals surface area contributed by atoms with Crippen LogP contribution < -0.4 is 10.2 Å². The minimum absolute atomic E-state index is 0.0543. The minimum Gasteiger partial charge on any atom is -0.351 e. The van der Waals surface area contributed by atoms with E-state index in [4.69, 9.17) is 0 Å². The summed E-state index contributed by atoms with van der Waals surface area (Å²) in [7, 11) is 1.79. The molecule has 2 rings (SSSR count). The molecule has 1 heterocycles. The zero-order valence-corrected chi connectivity index (χ0v) is 13.9. The fraction of sp³-hybridized carbons (Fsp3) is 0.389. The van der Waals surface area contributed by atoms with E-state index in [0.29, 0.717) is 25.9 Å². The number of hydrogen-bond acceptors (Lipinski definition) is 4.